The average Bonchev–Trinajstić information content (AvgIpc) is 3.13. The Balaban J connectivity index is 1.88. The number of carbonyl (C=O) groups excluding carboxylic acids is 1. The number of ether oxygens (including phenoxy) is 2. The summed E-state index contributed by atoms with van der Waals surface area (Å²) in [5.41, 5.74) is 2.23. The largest absolute Gasteiger partial charge is 0.490 e. The summed E-state index contributed by atoms with van der Waals surface area (Å²) >= 11 is 7.26. The molecule has 1 aliphatic rings. The molecule has 8 heteroatoms. The van der Waals surface area contributed by atoms with Crippen LogP contribution in [0, 0.1) is 0 Å². The molecular weight excluding hydrogens is 472 g/mol. The summed E-state index contributed by atoms with van der Waals surface area (Å²) in [5.74, 6) is 0.171. The van der Waals surface area contributed by atoms with Gasteiger partial charge in [0.25, 0.3) is 5.56 Å². The summed E-state index contributed by atoms with van der Waals surface area (Å²) in [6.45, 7) is 7.76. The third-order valence-electron chi connectivity index (χ3n) is 5.25. The smallest absolute Gasteiger partial charge is 0.338 e. The summed E-state index contributed by atoms with van der Waals surface area (Å²) in [7, 11) is 0. The minimum atomic E-state index is -0.670. The number of hydrogen-bond acceptors (Lipinski definition) is 6. The van der Waals surface area contributed by atoms with Gasteiger partial charge in [0.2, 0.25) is 0 Å². The Kier molecular flexibility index (Phi) is 7.14. The van der Waals surface area contributed by atoms with E-state index in [1.165, 1.54) is 11.3 Å². The molecule has 0 saturated heterocycles. The van der Waals surface area contributed by atoms with Crippen LogP contribution in [-0.4, -0.2) is 23.8 Å². The van der Waals surface area contributed by atoms with E-state index in [0.29, 0.717) is 38.0 Å². The van der Waals surface area contributed by atoms with Gasteiger partial charge < -0.3 is 9.47 Å². The maximum Gasteiger partial charge on any atom is 0.338 e. The second-order valence-corrected chi connectivity index (χ2v) is 8.97. The van der Waals surface area contributed by atoms with Crippen LogP contribution in [0.3, 0.4) is 0 Å². The number of aromatic nitrogens is 1. The van der Waals surface area contributed by atoms with E-state index in [9.17, 15) is 9.59 Å². The van der Waals surface area contributed by atoms with Crippen molar-refractivity contribution < 1.29 is 14.3 Å². The number of halogens is 1. The number of carbonyl (C=O) groups is 1. The lowest BCUT2D eigenvalue weighted by atomic mass is 9.96. The fourth-order valence-electron chi connectivity index (χ4n) is 3.72. The van der Waals surface area contributed by atoms with E-state index >= 15 is 0 Å². The Morgan fingerprint density at radius 2 is 1.91 bits per heavy atom. The van der Waals surface area contributed by atoms with Gasteiger partial charge in [-0.15, -0.1) is 0 Å². The maximum absolute atomic E-state index is 13.6. The highest BCUT2D eigenvalue weighted by atomic mass is 35.5. The van der Waals surface area contributed by atoms with Gasteiger partial charge in [0.1, 0.15) is 12.4 Å². The Hall–Kier alpha value is -3.42. The van der Waals surface area contributed by atoms with E-state index in [4.69, 9.17) is 21.1 Å². The lowest BCUT2D eigenvalue weighted by molar-refractivity contribution is -0.139. The van der Waals surface area contributed by atoms with Gasteiger partial charge in [-0.25, -0.2) is 9.79 Å². The predicted octanol–water partition coefficient (Wildman–Crippen LogP) is 4.02. The quantitative estimate of drug-likeness (QED) is 0.367. The molecule has 0 radical (unpaired) electrons. The molecule has 1 unspecified atom stereocenters. The molecule has 174 valence electrons. The number of thiazole rings is 1. The molecule has 1 aliphatic heterocycles. The Bertz CT molecular complexity index is 1430. The summed E-state index contributed by atoms with van der Waals surface area (Å²) in [6.07, 6.45) is 3.46. The normalized spacial score (nSPS) is 15.5. The first-order valence-corrected chi connectivity index (χ1v) is 11.9. The lowest BCUT2D eigenvalue weighted by Crippen LogP contribution is -2.39. The Labute approximate surface area is 205 Å². The first-order valence-electron chi connectivity index (χ1n) is 10.7. The van der Waals surface area contributed by atoms with Crippen molar-refractivity contribution in [3.05, 3.63) is 108 Å². The van der Waals surface area contributed by atoms with E-state index in [2.05, 4.69) is 11.6 Å². The fraction of sp³-hybridized carbons (Fsp3) is 0.192. The summed E-state index contributed by atoms with van der Waals surface area (Å²) in [4.78, 5) is 31.6. The molecule has 0 bridgehead atoms. The van der Waals surface area contributed by atoms with Crippen molar-refractivity contribution in [2.45, 2.75) is 19.9 Å². The molecule has 2 heterocycles. The van der Waals surface area contributed by atoms with E-state index in [-0.39, 0.29) is 12.2 Å². The molecule has 0 aliphatic carbocycles. The SMILES string of the molecule is C=CCOc1ccc(C2C(C(=O)OCC)=C(C)N=c3s/c(=C\c4ccc(Cl)cc4)c(=O)n32)cc1. The van der Waals surface area contributed by atoms with E-state index in [1.807, 2.05) is 24.3 Å². The molecule has 0 saturated carbocycles. The molecule has 0 spiro atoms. The van der Waals surface area contributed by atoms with Gasteiger partial charge in [-0.3, -0.25) is 9.36 Å². The second kappa shape index (κ2) is 10.2. The van der Waals surface area contributed by atoms with Gasteiger partial charge >= 0.3 is 5.97 Å². The molecule has 4 rings (SSSR count). The van der Waals surface area contributed by atoms with Crippen molar-refractivity contribution in [1.82, 2.24) is 4.57 Å². The molecule has 0 fully saturated rings. The topological polar surface area (TPSA) is 69.9 Å². The maximum atomic E-state index is 13.6. The zero-order chi connectivity index (χ0) is 24.2. The fourth-order valence-corrected chi connectivity index (χ4v) is 4.89. The van der Waals surface area contributed by atoms with E-state index in [1.54, 1.807) is 54.8 Å². The molecule has 1 aromatic heterocycles. The van der Waals surface area contributed by atoms with Crippen LogP contribution in [-0.2, 0) is 9.53 Å². The summed E-state index contributed by atoms with van der Waals surface area (Å²) < 4.78 is 13.0. The highest BCUT2D eigenvalue weighted by Crippen LogP contribution is 2.31. The van der Waals surface area contributed by atoms with Crippen LogP contribution in [0.4, 0.5) is 0 Å². The number of benzene rings is 2. The molecule has 2 aromatic carbocycles. The number of hydrogen-bond donors (Lipinski definition) is 0. The van der Waals surface area contributed by atoms with Gasteiger partial charge in [0, 0.05) is 5.02 Å². The molecule has 0 amide bonds. The van der Waals surface area contributed by atoms with Crippen molar-refractivity contribution in [3.63, 3.8) is 0 Å². The number of esters is 1. The van der Waals surface area contributed by atoms with Gasteiger partial charge in [-0.2, -0.15) is 0 Å². The van der Waals surface area contributed by atoms with Gasteiger partial charge in [0.15, 0.2) is 4.80 Å². The van der Waals surface area contributed by atoms with Crippen LogP contribution < -0.4 is 19.6 Å². The number of rotatable bonds is 7. The monoisotopic (exact) mass is 494 g/mol. The van der Waals surface area contributed by atoms with Crippen molar-refractivity contribution in [2.75, 3.05) is 13.2 Å². The van der Waals surface area contributed by atoms with Crippen LogP contribution in [0.2, 0.25) is 5.02 Å². The lowest BCUT2D eigenvalue weighted by Gasteiger charge is -2.24. The van der Waals surface area contributed by atoms with Crippen LogP contribution >= 0.6 is 22.9 Å². The van der Waals surface area contributed by atoms with Gasteiger partial charge in [0.05, 0.1) is 28.5 Å². The van der Waals surface area contributed by atoms with Crippen molar-refractivity contribution >= 4 is 35.0 Å². The van der Waals surface area contributed by atoms with Gasteiger partial charge in [-0.1, -0.05) is 59.9 Å². The van der Waals surface area contributed by atoms with Crippen LogP contribution in [0.15, 0.2) is 82.2 Å². The average molecular weight is 495 g/mol. The van der Waals surface area contributed by atoms with Gasteiger partial charge in [-0.05, 0) is 55.3 Å². The standard InChI is InChI=1S/C26H23ClN2O4S/c1-4-14-33-20-12-8-18(9-13-20)23-22(25(31)32-5-2)16(3)28-26-29(23)24(30)21(34-26)15-17-6-10-19(27)11-7-17/h4,6-13,15,23H,1,5,14H2,2-3H3/b21-15-. The molecule has 0 N–H and O–H groups in total. The summed E-state index contributed by atoms with van der Waals surface area (Å²) in [5, 5.41) is 0.619. The highest BCUT2D eigenvalue weighted by molar-refractivity contribution is 7.07. The third-order valence-corrected chi connectivity index (χ3v) is 6.48. The number of nitrogens with zero attached hydrogens (tertiary/aromatic N) is 2. The van der Waals surface area contributed by atoms with Crippen LogP contribution in [0.5, 0.6) is 5.75 Å². The first-order chi connectivity index (χ1) is 16.4. The molecule has 34 heavy (non-hydrogen) atoms. The van der Waals surface area contributed by atoms with Crippen molar-refractivity contribution in [3.8, 4) is 5.75 Å². The predicted molar refractivity (Wildman–Crippen MR) is 134 cm³/mol. The molecular formula is C26H23ClN2O4S. The Morgan fingerprint density at radius 1 is 1.21 bits per heavy atom. The molecule has 6 nitrogen and oxygen atoms in total. The second-order valence-electron chi connectivity index (χ2n) is 7.52. The summed E-state index contributed by atoms with van der Waals surface area (Å²) in [6, 6.07) is 13.9. The first kappa shape index (κ1) is 23.7. The molecule has 1 atom stereocenters. The number of fused-ring (bicyclic) bond motifs is 1. The zero-order valence-corrected chi connectivity index (χ0v) is 20.4. The zero-order valence-electron chi connectivity index (χ0n) is 18.8. The van der Waals surface area contributed by atoms with Crippen molar-refractivity contribution in [2.24, 2.45) is 4.99 Å². The van der Waals surface area contributed by atoms with E-state index in [0.717, 1.165) is 11.1 Å². The third kappa shape index (κ3) is 4.76. The highest BCUT2D eigenvalue weighted by Gasteiger charge is 2.33. The minimum absolute atomic E-state index is 0.220. The van der Waals surface area contributed by atoms with Crippen LogP contribution in [0.25, 0.3) is 6.08 Å². The van der Waals surface area contributed by atoms with E-state index < -0.39 is 12.0 Å². The van der Waals surface area contributed by atoms with Crippen LogP contribution in [0.1, 0.15) is 31.0 Å². The minimum Gasteiger partial charge on any atom is -0.490 e. The Morgan fingerprint density at radius 3 is 2.56 bits per heavy atom. The number of allylic oxidation sites excluding steroid dienone is 1. The van der Waals surface area contributed by atoms with Crippen molar-refractivity contribution in [1.29, 1.82) is 0 Å². The molecule has 3 aromatic rings.